The van der Waals surface area contributed by atoms with Crippen LogP contribution in [0.5, 0.6) is 0 Å². The number of carbonyl (C=O) groups excluding carboxylic acids is 3. The first-order valence-electron chi connectivity index (χ1n) is 8.87. The number of likely N-dealkylation sites (tertiary alicyclic amines) is 1. The van der Waals surface area contributed by atoms with E-state index in [0.29, 0.717) is 31.0 Å². The maximum atomic E-state index is 12.2. The van der Waals surface area contributed by atoms with Crippen LogP contribution in [0.4, 0.5) is 0 Å². The van der Waals surface area contributed by atoms with Crippen molar-refractivity contribution < 1.29 is 23.9 Å². The normalized spacial score (nSPS) is 15.1. The number of esters is 2. The number of hydrogen-bond donors (Lipinski definition) is 0. The van der Waals surface area contributed by atoms with Crippen LogP contribution in [-0.4, -0.2) is 49.6 Å². The monoisotopic (exact) mass is 421 g/mol. The molecular weight excluding hydrogens is 402 g/mol. The van der Waals surface area contributed by atoms with Gasteiger partial charge in [-0.1, -0.05) is 29.8 Å². The van der Waals surface area contributed by atoms with Crippen molar-refractivity contribution in [3.63, 3.8) is 0 Å². The molecular formula is C20H20ClNO5S. The minimum atomic E-state index is -0.605. The lowest BCUT2D eigenvalue weighted by Gasteiger charge is -2.30. The van der Waals surface area contributed by atoms with E-state index in [0.717, 1.165) is 15.0 Å². The first kappa shape index (κ1) is 20.4. The highest BCUT2D eigenvalue weighted by atomic mass is 35.5. The Bertz CT molecular complexity index is 914. The molecule has 3 rings (SSSR count). The quantitative estimate of drug-likeness (QED) is 0.545. The second-order valence-electron chi connectivity index (χ2n) is 6.40. The van der Waals surface area contributed by atoms with Crippen molar-refractivity contribution in [1.82, 2.24) is 4.90 Å². The van der Waals surface area contributed by atoms with Crippen molar-refractivity contribution in [2.45, 2.75) is 12.8 Å². The molecule has 6 nitrogen and oxygen atoms in total. The number of thiophene rings is 1. The predicted octanol–water partition coefficient (Wildman–Crippen LogP) is 3.52. The summed E-state index contributed by atoms with van der Waals surface area (Å²) in [7, 11) is 1.36. The highest BCUT2D eigenvalue weighted by Gasteiger charge is 2.28. The number of ether oxygens (including phenoxy) is 2. The number of amides is 1. The molecule has 0 aliphatic carbocycles. The highest BCUT2D eigenvalue weighted by molar-refractivity contribution is 7.20. The summed E-state index contributed by atoms with van der Waals surface area (Å²) in [5, 5.41) is 1.53. The Hall–Kier alpha value is -2.38. The number of hydrogen-bond acceptors (Lipinski definition) is 6. The van der Waals surface area contributed by atoms with E-state index in [-0.39, 0.29) is 24.4 Å². The minimum absolute atomic E-state index is 0.175. The molecule has 1 aliphatic rings. The van der Waals surface area contributed by atoms with Crippen LogP contribution < -0.4 is 0 Å². The largest absolute Gasteiger partial charge is 0.469 e. The molecule has 0 radical (unpaired) electrons. The van der Waals surface area contributed by atoms with E-state index < -0.39 is 5.97 Å². The fourth-order valence-electron chi connectivity index (χ4n) is 3.09. The Morgan fingerprint density at radius 2 is 1.96 bits per heavy atom. The van der Waals surface area contributed by atoms with Crippen LogP contribution in [-0.2, 0) is 23.9 Å². The van der Waals surface area contributed by atoms with Gasteiger partial charge in [0.2, 0.25) is 0 Å². The van der Waals surface area contributed by atoms with Crippen molar-refractivity contribution in [2.75, 3.05) is 26.8 Å². The van der Waals surface area contributed by atoms with Gasteiger partial charge in [0.25, 0.3) is 5.91 Å². The van der Waals surface area contributed by atoms with Gasteiger partial charge in [0.05, 0.1) is 18.1 Å². The van der Waals surface area contributed by atoms with Crippen LogP contribution in [0.3, 0.4) is 0 Å². The summed E-state index contributed by atoms with van der Waals surface area (Å²) < 4.78 is 10.8. The van der Waals surface area contributed by atoms with Crippen molar-refractivity contribution in [2.24, 2.45) is 5.92 Å². The number of carbonyl (C=O) groups is 3. The Labute approximate surface area is 171 Å². The fraction of sp³-hybridized carbons (Fsp3) is 0.350. The van der Waals surface area contributed by atoms with Gasteiger partial charge in [0, 0.05) is 34.1 Å². The van der Waals surface area contributed by atoms with Crippen LogP contribution in [0, 0.1) is 5.92 Å². The maximum absolute atomic E-state index is 12.2. The molecule has 0 unspecified atom stereocenters. The van der Waals surface area contributed by atoms with Gasteiger partial charge in [-0.25, -0.2) is 4.79 Å². The zero-order valence-corrected chi connectivity index (χ0v) is 16.9. The van der Waals surface area contributed by atoms with Gasteiger partial charge in [0.15, 0.2) is 6.61 Å². The van der Waals surface area contributed by atoms with Crippen LogP contribution in [0.1, 0.15) is 17.7 Å². The maximum Gasteiger partial charge on any atom is 0.331 e. The van der Waals surface area contributed by atoms with E-state index in [4.69, 9.17) is 21.1 Å². The molecule has 0 spiro atoms. The smallest absolute Gasteiger partial charge is 0.331 e. The Morgan fingerprint density at radius 3 is 2.64 bits per heavy atom. The Morgan fingerprint density at radius 1 is 1.25 bits per heavy atom. The van der Waals surface area contributed by atoms with Gasteiger partial charge < -0.3 is 14.4 Å². The molecule has 0 N–H and O–H groups in total. The van der Waals surface area contributed by atoms with Gasteiger partial charge in [0.1, 0.15) is 0 Å². The average molecular weight is 422 g/mol. The number of nitrogens with zero attached hydrogens (tertiary/aromatic N) is 1. The van der Waals surface area contributed by atoms with Crippen molar-refractivity contribution >= 4 is 56.9 Å². The van der Waals surface area contributed by atoms with Crippen LogP contribution in [0.25, 0.3) is 16.2 Å². The van der Waals surface area contributed by atoms with E-state index >= 15 is 0 Å². The van der Waals surface area contributed by atoms with Gasteiger partial charge in [-0.05, 0) is 25.0 Å². The first-order valence-corrected chi connectivity index (χ1v) is 10.1. The summed E-state index contributed by atoms with van der Waals surface area (Å²) in [6, 6.07) is 7.72. The second-order valence-corrected chi connectivity index (χ2v) is 7.86. The second kappa shape index (κ2) is 9.21. The molecule has 1 aromatic carbocycles. The zero-order chi connectivity index (χ0) is 20.1. The van der Waals surface area contributed by atoms with Crippen molar-refractivity contribution in [1.29, 1.82) is 0 Å². The first-order chi connectivity index (χ1) is 13.5. The lowest BCUT2D eigenvalue weighted by molar-refractivity contribution is -0.151. The molecule has 1 saturated heterocycles. The van der Waals surface area contributed by atoms with Gasteiger partial charge in [-0.15, -0.1) is 11.3 Å². The molecule has 28 heavy (non-hydrogen) atoms. The molecule has 0 saturated carbocycles. The lowest BCUT2D eigenvalue weighted by atomic mass is 9.97. The third-order valence-electron chi connectivity index (χ3n) is 4.65. The standard InChI is InChI=1S/C20H20ClNO5S/c1-26-20(25)13-8-10-22(11-9-13)17(23)12-27-18(24)7-6-16-19(21)14-4-2-3-5-15(14)28-16/h2-7,13H,8-12H2,1H3/b7-6+. The third-order valence-corrected chi connectivity index (χ3v) is 6.31. The zero-order valence-electron chi connectivity index (χ0n) is 15.4. The van der Waals surface area contributed by atoms with Gasteiger partial charge in [-0.2, -0.15) is 0 Å². The van der Waals surface area contributed by atoms with E-state index in [2.05, 4.69) is 0 Å². The Kier molecular flexibility index (Phi) is 6.70. The molecule has 148 valence electrons. The topological polar surface area (TPSA) is 72.9 Å². The molecule has 1 aliphatic heterocycles. The summed E-state index contributed by atoms with van der Waals surface area (Å²) in [4.78, 5) is 38.0. The van der Waals surface area contributed by atoms with Crippen LogP contribution >= 0.6 is 22.9 Å². The molecule has 1 aromatic heterocycles. The Balaban J connectivity index is 1.49. The molecule has 1 amide bonds. The van der Waals surface area contributed by atoms with Crippen molar-refractivity contribution in [3.05, 3.63) is 40.2 Å². The minimum Gasteiger partial charge on any atom is -0.469 e. The molecule has 2 heterocycles. The van der Waals surface area contributed by atoms with E-state index in [1.54, 1.807) is 11.0 Å². The summed E-state index contributed by atoms with van der Waals surface area (Å²) in [6.45, 7) is 0.568. The SMILES string of the molecule is COC(=O)C1CCN(C(=O)COC(=O)/C=C/c2sc3ccccc3c2Cl)CC1. The summed E-state index contributed by atoms with van der Waals surface area (Å²) in [5.41, 5.74) is 0. The summed E-state index contributed by atoms with van der Waals surface area (Å²) in [6.07, 6.45) is 3.97. The molecule has 1 fully saturated rings. The van der Waals surface area contributed by atoms with Crippen molar-refractivity contribution in [3.8, 4) is 0 Å². The molecule has 2 aromatic rings. The van der Waals surface area contributed by atoms with Crippen LogP contribution in [0.15, 0.2) is 30.3 Å². The van der Waals surface area contributed by atoms with Gasteiger partial charge >= 0.3 is 11.9 Å². The number of piperidine rings is 1. The molecule has 0 bridgehead atoms. The average Bonchev–Trinajstić information content (AvgIpc) is 3.05. The lowest BCUT2D eigenvalue weighted by Crippen LogP contribution is -2.42. The molecule has 8 heteroatoms. The number of methoxy groups -OCH3 is 1. The van der Waals surface area contributed by atoms with E-state index in [1.165, 1.54) is 24.5 Å². The summed E-state index contributed by atoms with van der Waals surface area (Å²) >= 11 is 7.81. The highest BCUT2D eigenvalue weighted by Crippen LogP contribution is 2.35. The third kappa shape index (κ3) is 4.72. The predicted molar refractivity (Wildman–Crippen MR) is 108 cm³/mol. The number of benzene rings is 1. The van der Waals surface area contributed by atoms with Gasteiger partial charge in [-0.3, -0.25) is 9.59 Å². The summed E-state index contributed by atoms with van der Waals surface area (Å²) in [5.74, 6) is -1.30. The van der Waals surface area contributed by atoms with E-state index in [9.17, 15) is 14.4 Å². The molecule has 0 atom stereocenters. The van der Waals surface area contributed by atoms with Crippen LogP contribution in [0.2, 0.25) is 5.02 Å². The number of fused-ring (bicyclic) bond motifs is 1. The van der Waals surface area contributed by atoms with E-state index in [1.807, 2.05) is 24.3 Å². The number of rotatable bonds is 5. The fourth-order valence-corrected chi connectivity index (χ4v) is 4.49. The number of halogens is 1.